The number of sulfone groups is 1. The molecule has 2 heterocycles. The third-order valence-corrected chi connectivity index (χ3v) is 4.24. The summed E-state index contributed by atoms with van der Waals surface area (Å²) in [6.07, 6.45) is 1.75. The summed E-state index contributed by atoms with van der Waals surface area (Å²) < 4.78 is 25.3. The Kier molecular flexibility index (Phi) is 2.30. The Balaban J connectivity index is 2.87. The van der Waals surface area contributed by atoms with Crippen LogP contribution in [0.2, 0.25) is 0 Å². The van der Waals surface area contributed by atoms with Crippen molar-refractivity contribution in [1.29, 1.82) is 0 Å². The first-order valence-electron chi connectivity index (χ1n) is 4.73. The Hall–Kier alpha value is -1.30. The van der Waals surface area contributed by atoms with Crippen molar-refractivity contribution in [2.45, 2.75) is 11.8 Å². The highest BCUT2D eigenvalue weighted by molar-refractivity contribution is 7.91. The molecule has 78 valence electrons. The second-order valence-electron chi connectivity index (χ2n) is 3.35. The molecule has 0 radical (unpaired) electrons. The molecule has 0 atom stereocenters. The molecular weight excluding hydrogens is 211 g/mol. The summed E-state index contributed by atoms with van der Waals surface area (Å²) in [6.45, 7) is 1.64. The van der Waals surface area contributed by atoms with Gasteiger partial charge in [0.25, 0.3) is 0 Å². The number of fused-ring (bicyclic) bond motifs is 1. The van der Waals surface area contributed by atoms with E-state index < -0.39 is 9.84 Å². The number of aromatic nitrogens is 2. The first-order valence-corrected chi connectivity index (χ1v) is 6.38. The van der Waals surface area contributed by atoms with E-state index in [-0.39, 0.29) is 5.75 Å². The minimum absolute atomic E-state index is 0.101. The maximum atomic E-state index is 11.8. The van der Waals surface area contributed by atoms with Gasteiger partial charge in [-0.25, -0.2) is 12.9 Å². The summed E-state index contributed by atoms with van der Waals surface area (Å²) in [5, 5.41) is 4.16. The lowest BCUT2D eigenvalue weighted by Crippen LogP contribution is -2.16. The minimum Gasteiger partial charge on any atom is -0.240 e. The van der Waals surface area contributed by atoms with Crippen molar-refractivity contribution in [3.05, 3.63) is 24.4 Å². The van der Waals surface area contributed by atoms with Gasteiger partial charge < -0.3 is 0 Å². The molecule has 2 rings (SSSR count). The molecule has 2 aromatic rings. The van der Waals surface area contributed by atoms with Crippen LogP contribution in [0.25, 0.3) is 5.52 Å². The quantitative estimate of drug-likeness (QED) is 0.636. The number of hydrogen-bond acceptors (Lipinski definition) is 3. The molecule has 0 saturated carbocycles. The minimum atomic E-state index is -3.20. The monoisotopic (exact) mass is 222 g/mol. The van der Waals surface area contributed by atoms with Gasteiger partial charge >= 0.3 is 0 Å². The highest BCUT2D eigenvalue weighted by atomic mass is 32.2. The fourth-order valence-corrected chi connectivity index (χ4v) is 2.88. The van der Waals surface area contributed by atoms with Crippen LogP contribution < -0.4 is 5.59 Å². The fraction of sp³-hybridized carbons (Fsp3) is 0.222. The van der Waals surface area contributed by atoms with Crippen molar-refractivity contribution in [1.82, 2.24) is 9.61 Å². The zero-order valence-corrected chi connectivity index (χ0v) is 9.45. The van der Waals surface area contributed by atoms with Crippen LogP contribution >= 0.6 is 0 Å². The summed E-state index contributed by atoms with van der Waals surface area (Å²) in [5.41, 5.74) is 1.21. The SMILES string of the molecule is Bc1nn2ccccc2c1S(=O)(=O)CC. The molecule has 4 nitrogen and oxygen atoms in total. The molecule has 6 heteroatoms. The molecule has 0 aliphatic carbocycles. The standard InChI is InChI=1S/C9H11BN2O2S/c1-2-15(13,14)8-7-5-3-4-6-12(7)11-9(8)10/h3-6H,2,10H2,1H3. The lowest BCUT2D eigenvalue weighted by atomic mass is 10.1. The van der Waals surface area contributed by atoms with E-state index in [2.05, 4.69) is 5.10 Å². The van der Waals surface area contributed by atoms with Crippen molar-refractivity contribution < 1.29 is 8.42 Å². The van der Waals surface area contributed by atoms with Crippen molar-refractivity contribution in [2.24, 2.45) is 0 Å². The van der Waals surface area contributed by atoms with Gasteiger partial charge in [0.2, 0.25) is 0 Å². The maximum absolute atomic E-state index is 11.8. The van der Waals surface area contributed by atoms with Gasteiger partial charge in [0, 0.05) is 11.8 Å². The lowest BCUT2D eigenvalue weighted by Gasteiger charge is -1.99. The van der Waals surface area contributed by atoms with E-state index in [0.29, 0.717) is 16.0 Å². The molecule has 0 N–H and O–H groups in total. The summed E-state index contributed by atoms with van der Waals surface area (Å²) in [4.78, 5) is 0.352. The van der Waals surface area contributed by atoms with Crippen LogP contribution in [-0.2, 0) is 9.84 Å². The van der Waals surface area contributed by atoms with Gasteiger partial charge in [-0.1, -0.05) is 13.0 Å². The van der Waals surface area contributed by atoms with Crippen LogP contribution in [-0.4, -0.2) is 31.6 Å². The highest BCUT2D eigenvalue weighted by Crippen LogP contribution is 2.15. The van der Waals surface area contributed by atoms with E-state index in [9.17, 15) is 8.42 Å². The Morgan fingerprint density at radius 1 is 1.47 bits per heavy atom. The van der Waals surface area contributed by atoms with E-state index in [1.165, 1.54) is 0 Å². The zero-order valence-electron chi connectivity index (χ0n) is 8.64. The fourth-order valence-electron chi connectivity index (χ4n) is 1.62. The second kappa shape index (κ2) is 3.38. The van der Waals surface area contributed by atoms with E-state index in [0.717, 1.165) is 0 Å². The number of rotatable bonds is 2. The molecule has 15 heavy (non-hydrogen) atoms. The van der Waals surface area contributed by atoms with E-state index in [1.54, 1.807) is 31.5 Å². The predicted octanol–water partition coefficient (Wildman–Crippen LogP) is -0.614. The van der Waals surface area contributed by atoms with E-state index in [4.69, 9.17) is 0 Å². The Morgan fingerprint density at radius 3 is 2.87 bits per heavy atom. The third kappa shape index (κ3) is 1.54. The van der Waals surface area contributed by atoms with E-state index >= 15 is 0 Å². The molecule has 0 saturated heterocycles. The van der Waals surface area contributed by atoms with Crippen LogP contribution in [0, 0.1) is 0 Å². The molecule has 0 aliphatic rings. The molecular formula is C9H11BN2O2S. The van der Waals surface area contributed by atoms with Crippen LogP contribution in [0.15, 0.2) is 29.3 Å². The third-order valence-electron chi connectivity index (χ3n) is 2.35. The topological polar surface area (TPSA) is 51.4 Å². The maximum Gasteiger partial charge on any atom is 0.181 e. The van der Waals surface area contributed by atoms with Gasteiger partial charge in [0.15, 0.2) is 17.7 Å². The molecule has 0 aromatic carbocycles. The van der Waals surface area contributed by atoms with Gasteiger partial charge in [-0.2, -0.15) is 5.10 Å². The number of pyridine rings is 1. The molecule has 0 spiro atoms. The lowest BCUT2D eigenvalue weighted by molar-refractivity contribution is 0.598. The van der Waals surface area contributed by atoms with Crippen molar-refractivity contribution >= 4 is 28.8 Å². The number of hydrogen-bond donors (Lipinski definition) is 0. The van der Waals surface area contributed by atoms with E-state index in [1.807, 2.05) is 12.1 Å². The molecule has 0 unspecified atom stereocenters. The number of nitrogens with zero attached hydrogens (tertiary/aromatic N) is 2. The molecule has 0 fully saturated rings. The van der Waals surface area contributed by atoms with Gasteiger partial charge in [-0.05, 0) is 12.1 Å². The van der Waals surface area contributed by atoms with Crippen LogP contribution in [0.4, 0.5) is 0 Å². The molecule has 0 bridgehead atoms. The first kappa shape index (κ1) is 10.2. The van der Waals surface area contributed by atoms with Crippen molar-refractivity contribution in [3.8, 4) is 0 Å². The smallest absolute Gasteiger partial charge is 0.181 e. The van der Waals surface area contributed by atoms with Gasteiger partial charge in [-0.3, -0.25) is 0 Å². The second-order valence-corrected chi connectivity index (χ2v) is 5.56. The van der Waals surface area contributed by atoms with Gasteiger partial charge in [0.1, 0.15) is 4.90 Å². The average Bonchev–Trinajstić information content (AvgIpc) is 2.54. The highest BCUT2D eigenvalue weighted by Gasteiger charge is 2.20. The summed E-state index contributed by atoms with van der Waals surface area (Å²) in [6, 6.07) is 5.40. The average molecular weight is 222 g/mol. The van der Waals surface area contributed by atoms with Crippen LogP contribution in [0.3, 0.4) is 0 Å². The normalized spacial score (nSPS) is 12.1. The Morgan fingerprint density at radius 2 is 2.20 bits per heavy atom. The van der Waals surface area contributed by atoms with Crippen LogP contribution in [0.1, 0.15) is 6.92 Å². The first-order chi connectivity index (χ1) is 7.06. The van der Waals surface area contributed by atoms with Crippen molar-refractivity contribution in [2.75, 3.05) is 5.75 Å². The zero-order chi connectivity index (χ0) is 11.1. The molecule has 0 amide bonds. The van der Waals surface area contributed by atoms with Gasteiger partial charge in [-0.15, -0.1) is 0 Å². The Labute approximate surface area is 89.2 Å². The van der Waals surface area contributed by atoms with Crippen LogP contribution in [0.5, 0.6) is 0 Å². The molecule has 0 aliphatic heterocycles. The van der Waals surface area contributed by atoms with Gasteiger partial charge in [0.05, 0.1) is 11.3 Å². The summed E-state index contributed by atoms with van der Waals surface area (Å²) in [5.74, 6) is 0.101. The van der Waals surface area contributed by atoms with Crippen molar-refractivity contribution in [3.63, 3.8) is 0 Å². The summed E-state index contributed by atoms with van der Waals surface area (Å²) in [7, 11) is -1.48. The largest absolute Gasteiger partial charge is 0.240 e. The predicted molar refractivity (Wildman–Crippen MR) is 61.1 cm³/mol. The summed E-state index contributed by atoms with van der Waals surface area (Å²) >= 11 is 0. The Bertz CT molecular complexity index is 604. The molecule has 2 aromatic heterocycles.